The maximum Gasteiger partial charge on any atom is 0.127 e. The number of pyridine rings is 1. The molecule has 1 aromatic carbocycles. The Labute approximate surface area is 120 Å². The molecular weight excluding hydrogens is 246 g/mol. The van der Waals surface area contributed by atoms with Crippen molar-refractivity contribution >= 4 is 0 Å². The predicted octanol–water partition coefficient (Wildman–Crippen LogP) is 4.47. The van der Waals surface area contributed by atoms with E-state index in [2.05, 4.69) is 50.9 Å². The first-order valence-corrected chi connectivity index (χ1v) is 7.20. The van der Waals surface area contributed by atoms with Crippen LogP contribution in [0.25, 0.3) is 11.1 Å². The van der Waals surface area contributed by atoms with Gasteiger partial charge >= 0.3 is 0 Å². The Balaban J connectivity index is 2.21. The summed E-state index contributed by atoms with van der Waals surface area (Å²) in [6.45, 7) is 8.66. The first-order chi connectivity index (χ1) is 9.48. The number of aromatic nitrogens is 1. The van der Waals surface area contributed by atoms with E-state index < -0.39 is 0 Å². The van der Waals surface area contributed by atoms with Gasteiger partial charge in [-0.2, -0.15) is 0 Å². The van der Waals surface area contributed by atoms with Crippen LogP contribution < -0.4 is 4.74 Å². The smallest absolute Gasteiger partial charge is 0.127 e. The topological polar surface area (TPSA) is 22.1 Å². The SMILES string of the molecule is Cc1cc(-c2ccncc2)c2c(c1C)OC(C)(C)CC2. The van der Waals surface area contributed by atoms with Crippen molar-refractivity contribution in [1.29, 1.82) is 0 Å². The second kappa shape index (κ2) is 4.62. The van der Waals surface area contributed by atoms with E-state index in [4.69, 9.17) is 4.74 Å². The highest BCUT2D eigenvalue weighted by molar-refractivity contribution is 5.73. The van der Waals surface area contributed by atoms with Gasteiger partial charge in [0, 0.05) is 18.0 Å². The van der Waals surface area contributed by atoms with E-state index in [-0.39, 0.29) is 5.60 Å². The summed E-state index contributed by atoms with van der Waals surface area (Å²) in [7, 11) is 0. The van der Waals surface area contributed by atoms with Crippen LogP contribution in [0.2, 0.25) is 0 Å². The fourth-order valence-electron chi connectivity index (χ4n) is 2.87. The molecular formula is C18H21NO. The monoisotopic (exact) mass is 267 g/mol. The van der Waals surface area contributed by atoms with Gasteiger partial charge in [0.2, 0.25) is 0 Å². The summed E-state index contributed by atoms with van der Waals surface area (Å²) in [5.74, 6) is 1.09. The number of fused-ring (bicyclic) bond motifs is 1. The van der Waals surface area contributed by atoms with E-state index >= 15 is 0 Å². The molecule has 2 heteroatoms. The van der Waals surface area contributed by atoms with Crippen LogP contribution >= 0.6 is 0 Å². The molecule has 0 N–H and O–H groups in total. The molecule has 2 heterocycles. The molecule has 3 rings (SSSR count). The van der Waals surface area contributed by atoms with Crippen LogP contribution in [0.4, 0.5) is 0 Å². The van der Waals surface area contributed by atoms with Gasteiger partial charge in [0.05, 0.1) is 0 Å². The van der Waals surface area contributed by atoms with Gasteiger partial charge in [-0.3, -0.25) is 4.98 Å². The Morgan fingerprint density at radius 2 is 1.85 bits per heavy atom. The minimum atomic E-state index is -0.0684. The summed E-state index contributed by atoms with van der Waals surface area (Å²) >= 11 is 0. The third kappa shape index (κ3) is 2.20. The molecule has 0 aliphatic carbocycles. The molecule has 0 radical (unpaired) electrons. The summed E-state index contributed by atoms with van der Waals surface area (Å²) in [6.07, 6.45) is 5.83. The van der Waals surface area contributed by atoms with Crippen LogP contribution in [0.3, 0.4) is 0 Å². The van der Waals surface area contributed by atoms with Crippen LogP contribution in [-0.4, -0.2) is 10.6 Å². The maximum absolute atomic E-state index is 6.28. The van der Waals surface area contributed by atoms with Gasteiger partial charge in [-0.25, -0.2) is 0 Å². The molecule has 0 spiro atoms. The summed E-state index contributed by atoms with van der Waals surface area (Å²) in [5, 5.41) is 0. The highest BCUT2D eigenvalue weighted by Gasteiger charge is 2.30. The van der Waals surface area contributed by atoms with Gasteiger partial charge in [0.1, 0.15) is 11.4 Å². The largest absolute Gasteiger partial charge is 0.487 e. The third-order valence-corrected chi connectivity index (χ3v) is 4.24. The van der Waals surface area contributed by atoms with Gasteiger partial charge in [-0.1, -0.05) is 6.07 Å². The molecule has 0 fully saturated rings. The average Bonchev–Trinajstić information content (AvgIpc) is 2.43. The predicted molar refractivity (Wildman–Crippen MR) is 82.2 cm³/mol. The van der Waals surface area contributed by atoms with Crippen LogP contribution in [0.5, 0.6) is 5.75 Å². The second-order valence-corrected chi connectivity index (χ2v) is 6.27. The van der Waals surface area contributed by atoms with Gasteiger partial charge in [-0.05, 0) is 74.9 Å². The zero-order valence-corrected chi connectivity index (χ0v) is 12.7. The Kier molecular flexibility index (Phi) is 3.04. The second-order valence-electron chi connectivity index (χ2n) is 6.27. The number of rotatable bonds is 1. The molecule has 0 amide bonds. The van der Waals surface area contributed by atoms with Gasteiger partial charge in [-0.15, -0.1) is 0 Å². The van der Waals surface area contributed by atoms with Crippen molar-refractivity contribution in [3.05, 3.63) is 47.3 Å². The first kappa shape index (κ1) is 13.2. The lowest BCUT2D eigenvalue weighted by Crippen LogP contribution is -2.33. The molecule has 0 atom stereocenters. The van der Waals surface area contributed by atoms with Crippen molar-refractivity contribution in [1.82, 2.24) is 4.98 Å². The van der Waals surface area contributed by atoms with Crippen molar-refractivity contribution in [3.8, 4) is 16.9 Å². The normalized spacial score (nSPS) is 16.4. The number of nitrogens with zero attached hydrogens (tertiary/aromatic N) is 1. The number of ether oxygens (including phenoxy) is 1. The van der Waals surface area contributed by atoms with Crippen LogP contribution in [-0.2, 0) is 6.42 Å². The number of hydrogen-bond donors (Lipinski definition) is 0. The number of hydrogen-bond acceptors (Lipinski definition) is 2. The minimum Gasteiger partial charge on any atom is -0.487 e. The van der Waals surface area contributed by atoms with E-state index in [9.17, 15) is 0 Å². The Morgan fingerprint density at radius 1 is 1.15 bits per heavy atom. The van der Waals surface area contributed by atoms with Crippen molar-refractivity contribution < 1.29 is 4.74 Å². The maximum atomic E-state index is 6.28. The highest BCUT2D eigenvalue weighted by atomic mass is 16.5. The standard InChI is InChI=1S/C18H21NO/c1-12-11-16(14-6-9-19-10-7-14)15-5-8-18(3,4)20-17(15)13(12)2/h6-7,9-11H,5,8H2,1-4H3. The van der Waals surface area contributed by atoms with Crippen molar-refractivity contribution in [2.75, 3.05) is 0 Å². The molecule has 20 heavy (non-hydrogen) atoms. The molecule has 0 saturated heterocycles. The average molecular weight is 267 g/mol. The summed E-state index contributed by atoms with van der Waals surface area (Å²) in [4.78, 5) is 4.11. The molecule has 1 aliphatic rings. The Bertz CT molecular complexity index is 644. The van der Waals surface area contributed by atoms with Gasteiger partial charge in [0.15, 0.2) is 0 Å². The molecule has 1 aromatic heterocycles. The zero-order chi connectivity index (χ0) is 14.3. The molecule has 104 valence electrons. The highest BCUT2D eigenvalue weighted by Crippen LogP contribution is 2.42. The molecule has 2 aromatic rings. The van der Waals surface area contributed by atoms with Gasteiger partial charge in [0.25, 0.3) is 0 Å². The van der Waals surface area contributed by atoms with E-state index in [0.717, 1.165) is 18.6 Å². The number of benzene rings is 1. The van der Waals surface area contributed by atoms with E-state index in [1.807, 2.05) is 12.4 Å². The lowest BCUT2D eigenvalue weighted by atomic mass is 9.86. The van der Waals surface area contributed by atoms with Crippen LogP contribution in [0, 0.1) is 13.8 Å². The quantitative estimate of drug-likeness (QED) is 0.760. The molecule has 0 unspecified atom stereocenters. The van der Waals surface area contributed by atoms with Crippen LogP contribution in [0.1, 0.15) is 37.0 Å². The fourth-order valence-corrected chi connectivity index (χ4v) is 2.87. The van der Waals surface area contributed by atoms with Crippen molar-refractivity contribution in [3.63, 3.8) is 0 Å². The summed E-state index contributed by atoms with van der Waals surface area (Å²) < 4.78 is 6.28. The van der Waals surface area contributed by atoms with E-state index in [1.165, 1.54) is 27.8 Å². The number of aryl methyl sites for hydroxylation is 1. The lowest BCUT2D eigenvalue weighted by Gasteiger charge is -2.35. The summed E-state index contributed by atoms with van der Waals surface area (Å²) in [6, 6.07) is 6.43. The van der Waals surface area contributed by atoms with Crippen molar-refractivity contribution in [2.24, 2.45) is 0 Å². The Hall–Kier alpha value is -1.83. The van der Waals surface area contributed by atoms with Crippen LogP contribution in [0.15, 0.2) is 30.6 Å². The van der Waals surface area contributed by atoms with Gasteiger partial charge < -0.3 is 4.74 Å². The molecule has 0 bridgehead atoms. The van der Waals surface area contributed by atoms with Crippen molar-refractivity contribution in [2.45, 2.75) is 46.1 Å². The Morgan fingerprint density at radius 3 is 2.55 bits per heavy atom. The molecule has 0 saturated carbocycles. The minimum absolute atomic E-state index is 0.0684. The van der Waals surface area contributed by atoms with E-state index in [0.29, 0.717) is 0 Å². The van der Waals surface area contributed by atoms with E-state index in [1.54, 1.807) is 0 Å². The summed E-state index contributed by atoms with van der Waals surface area (Å²) in [5.41, 5.74) is 6.35. The first-order valence-electron chi connectivity index (χ1n) is 7.20. The molecule has 1 aliphatic heterocycles. The lowest BCUT2D eigenvalue weighted by molar-refractivity contribution is 0.0838. The third-order valence-electron chi connectivity index (χ3n) is 4.24. The fraction of sp³-hybridized carbons (Fsp3) is 0.389. The molecule has 2 nitrogen and oxygen atoms in total. The zero-order valence-electron chi connectivity index (χ0n) is 12.7.